The van der Waals surface area contributed by atoms with Crippen LogP contribution in [0, 0.1) is 5.82 Å². The lowest BCUT2D eigenvalue weighted by Gasteiger charge is -2.30. The normalized spacial score (nSPS) is 15.7. The summed E-state index contributed by atoms with van der Waals surface area (Å²) >= 11 is 0. The highest BCUT2D eigenvalue weighted by atomic mass is 19.1. The van der Waals surface area contributed by atoms with Crippen LogP contribution in [0.25, 0.3) is 0 Å². The van der Waals surface area contributed by atoms with Gasteiger partial charge in [0.25, 0.3) is 5.56 Å². The second-order valence-corrected chi connectivity index (χ2v) is 6.48. The molecule has 0 spiro atoms. The van der Waals surface area contributed by atoms with Gasteiger partial charge in [-0.2, -0.15) is 0 Å². The Morgan fingerprint density at radius 1 is 1.21 bits per heavy atom. The maximum Gasteiger partial charge on any atom is 0.330 e. The van der Waals surface area contributed by atoms with Crippen molar-refractivity contribution in [3.8, 4) is 0 Å². The van der Waals surface area contributed by atoms with Crippen molar-refractivity contribution in [3.05, 3.63) is 68.2 Å². The summed E-state index contributed by atoms with van der Waals surface area (Å²) in [5.41, 5.74) is 0.630. The van der Waals surface area contributed by atoms with E-state index in [1.165, 1.54) is 23.7 Å². The van der Waals surface area contributed by atoms with Gasteiger partial charge in [-0.3, -0.25) is 18.8 Å². The molecular formula is C18H22FN3O2. The predicted molar refractivity (Wildman–Crippen MR) is 90.3 cm³/mol. The zero-order chi connectivity index (χ0) is 17.4. The fourth-order valence-electron chi connectivity index (χ4n) is 3.10. The maximum absolute atomic E-state index is 14.1. The van der Waals surface area contributed by atoms with Crippen LogP contribution >= 0.6 is 0 Å². The number of hydrogen-bond donors (Lipinski definition) is 0. The van der Waals surface area contributed by atoms with E-state index in [-0.39, 0.29) is 23.1 Å². The molecule has 6 heteroatoms. The Morgan fingerprint density at radius 3 is 2.50 bits per heavy atom. The third-order valence-electron chi connectivity index (χ3n) is 4.84. The SMILES string of the molecule is C[C@H](c1ccccc1F)N(Cc1cc(=O)n(C)c(=O)n1C)C1CC1. The molecule has 3 rings (SSSR count). The molecule has 128 valence electrons. The standard InChI is InChI=1S/C18H22FN3O2/c1-12(15-6-4-5-7-16(15)19)22(13-8-9-13)11-14-10-17(23)21(3)18(24)20(14)2/h4-7,10,12-13H,8-9,11H2,1-3H3/t12-/m1/s1. The van der Waals surface area contributed by atoms with Crippen LogP contribution in [0.1, 0.15) is 37.1 Å². The summed E-state index contributed by atoms with van der Waals surface area (Å²) in [6.07, 6.45) is 2.11. The Labute approximate surface area is 140 Å². The van der Waals surface area contributed by atoms with Gasteiger partial charge in [0, 0.05) is 50.0 Å². The average Bonchev–Trinajstić information content (AvgIpc) is 3.39. The van der Waals surface area contributed by atoms with Gasteiger partial charge in [-0.25, -0.2) is 9.18 Å². The highest BCUT2D eigenvalue weighted by Gasteiger charge is 2.34. The van der Waals surface area contributed by atoms with Gasteiger partial charge >= 0.3 is 5.69 Å². The van der Waals surface area contributed by atoms with Crippen LogP contribution in [-0.2, 0) is 20.6 Å². The Morgan fingerprint density at radius 2 is 1.88 bits per heavy atom. The van der Waals surface area contributed by atoms with E-state index in [0.29, 0.717) is 23.8 Å². The van der Waals surface area contributed by atoms with Gasteiger partial charge in [0.2, 0.25) is 0 Å². The largest absolute Gasteiger partial charge is 0.330 e. The maximum atomic E-state index is 14.1. The monoisotopic (exact) mass is 331 g/mol. The topological polar surface area (TPSA) is 47.2 Å². The van der Waals surface area contributed by atoms with Crippen LogP contribution in [0.5, 0.6) is 0 Å². The first-order chi connectivity index (χ1) is 11.4. The summed E-state index contributed by atoms with van der Waals surface area (Å²) in [5, 5.41) is 0. The van der Waals surface area contributed by atoms with Gasteiger partial charge in [-0.1, -0.05) is 18.2 Å². The molecule has 2 aromatic rings. The summed E-state index contributed by atoms with van der Waals surface area (Å²) in [5.74, 6) is -0.228. The van der Waals surface area contributed by atoms with Gasteiger partial charge < -0.3 is 0 Å². The molecule has 1 saturated carbocycles. The van der Waals surface area contributed by atoms with E-state index >= 15 is 0 Å². The third kappa shape index (κ3) is 3.06. The molecule has 0 amide bonds. The van der Waals surface area contributed by atoms with Crippen LogP contribution in [0.3, 0.4) is 0 Å². The average molecular weight is 331 g/mol. The Balaban J connectivity index is 1.95. The van der Waals surface area contributed by atoms with Gasteiger partial charge in [0.05, 0.1) is 0 Å². The van der Waals surface area contributed by atoms with Gasteiger partial charge in [0.15, 0.2) is 0 Å². The van der Waals surface area contributed by atoms with Crippen molar-refractivity contribution in [2.24, 2.45) is 14.1 Å². The van der Waals surface area contributed by atoms with E-state index in [2.05, 4.69) is 4.90 Å². The van der Waals surface area contributed by atoms with Crippen LogP contribution in [0.4, 0.5) is 4.39 Å². The van der Waals surface area contributed by atoms with Crippen LogP contribution in [0.15, 0.2) is 39.9 Å². The number of benzene rings is 1. The molecule has 0 bridgehead atoms. The molecule has 5 nitrogen and oxygen atoms in total. The third-order valence-corrected chi connectivity index (χ3v) is 4.84. The molecule has 1 aliphatic carbocycles. The minimum Gasteiger partial charge on any atom is -0.299 e. The molecule has 0 N–H and O–H groups in total. The summed E-state index contributed by atoms with van der Waals surface area (Å²) in [4.78, 5) is 26.2. The van der Waals surface area contributed by atoms with Crippen molar-refractivity contribution in [1.82, 2.24) is 14.0 Å². The van der Waals surface area contributed by atoms with Crippen molar-refractivity contribution in [2.75, 3.05) is 0 Å². The number of rotatable bonds is 5. The van der Waals surface area contributed by atoms with Crippen molar-refractivity contribution < 1.29 is 4.39 Å². The molecule has 1 aromatic carbocycles. The van der Waals surface area contributed by atoms with E-state index in [4.69, 9.17) is 0 Å². The molecule has 0 aliphatic heterocycles. The lowest BCUT2D eigenvalue weighted by Crippen LogP contribution is -2.40. The summed E-state index contributed by atoms with van der Waals surface area (Å²) in [6.45, 7) is 2.41. The van der Waals surface area contributed by atoms with E-state index in [0.717, 1.165) is 17.4 Å². The van der Waals surface area contributed by atoms with Crippen molar-refractivity contribution >= 4 is 0 Å². The van der Waals surface area contributed by atoms with E-state index < -0.39 is 0 Å². The van der Waals surface area contributed by atoms with Crippen molar-refractivity contribution in [3.63, 3.8) is 0 Å². The Kier molecular flexibility index (Phi) is 4.41. The van der Waals surface area contributed by atoms with Crippen molar-refractivity contribution in [2.45, 2.75) is 38.4 Å². The molecule has 1 fully saturated rings. The summed E-state index contributed by atoms with van der Waals surface area (Å²) in [7, 11) is 3.13. The Bertz CT molecular complexity index is 867. The van der Waals surface area contributed by atoms with E-state index in [1.54, 1.807) is 19.2 Å². The highest BCUT2D eigenvalue weighted by Crippen LogP contribution is 2.36. The number of nitrogens with zero attached hydrogens (tertiary/aromatic N) is 3. The zero-order valence-electron chi connectivity index (χ0n) is 14.2. The minimum atomic E-state index is -0.341. The first kappa shape index (κ1) is 16.6. The first-order valence-corrected chi connectivity index (χ1v) is 8.16. The lowest BCUT2D eigenvalue weighted by atomic mass is 10.1. The smallest absolute Gasteiger partial charge is 0.299 e. The van der Waals surface area contributed by atoms with Gasteiger partial charge in [-0.15, -0.1) is 0 Å². The van der Waals surface area contributed by atoms with E-state index in [1.807, 2.05) is 13.0 Å². The van der Waals surface area contributed by atoms with Gasteiger partial charge in [0.1, 0.15) is 5.82 Å². The van der Waals surface area contributed by atoms with Crippen molar-refractivity contribution in [1.29, 1.82) is 0 Å². The molecule has 1 aromatic heterocycles. The fourth-order valence-corrected chi connectivity index (χ4v) is 3.10. The number of aromatic nitrogens is 2. The summed E-state index contributed by atoms with van der Waals surface area (Å²) < 4.78 is 16.7. The molecule has 1 atom stereocenters. The Hall–Kier alpha value is -2.21. The zero-order valence-corrected chi connectivity index (χ0v) is 14.2. The second-order valence-electron chi connectivity index (χ2n) is 6.48. The van der Waals surface area contributed by atoms with Crippen LogP contribution < -0.4 is 11.2 Å². The minimum absolute atomic E-state index is 0.127. The van der Waals surface area contributed by atoms with Crippen LogP contribution in [0.2, 0.25) is 0 Å². The fraction of sp³-hybridized carbons (Fsp3) is 0.444. The quantitative estimate of drug-likeness (QED) is 0.841. The molecule has 1 heterocycles. The van der Waals surface area contributed by atoms with E-state index in [9.17, 15) is 14.0 Å². The number of hydrogen-bond acceptors (Lipinski definition) is 3. The molecule has 24 heavy (non-hydrogen) atoms. The highest BCUT2D eigenvalue weighted by molar-refractivity contribution is 5.21. The molecule has 0 saturated heterocycles. The predicted octanol–water partition coefficient (Wildman–Crippen LogP) is 1.95. The number of halogens is 1. The van der Waals surface area contributed by atoms with Crippen LogP contribution in [-0.4, -0.2) is 20.1 Å². The first-order valence-electron chi connectivity index (χ1n) is 8.16. The molecular weight excluding hydrogens is 309 g/mol. The summed E-state index contributed by atoms with van der Waals surface area (Å²) in [6, 6.07) is 8.48. The van der Waals surface area contributed by atoms with Gasteiger partial charge in [-0.05, 0) is 25.8 Å². The molecule has 0 radical (unpaired) electrons. The lowest BCUT2D eigenvalue weighted by molar-refractivity contribution is 0.182. The second kappa shape index (κ2) is 6.36. The molecule has 0 unspecified atom stereocenters. The molecule has 1 aliphatic rings.